The van der Waals surface area contributed by atoms with Crippen LogP contribution in [0.4, 0.5) is 10.4 Å². The van der Waals surface area contributed by atoms with Crippen LogP contribution < -0.4 is 10.5 Å². The normalized spacial score (nSPS) is 10.4. The number of amides is 1. The van der Waals surface area contributed by atoms with Crippen LogP contribution in [0.2, 0.25) is 5.02 Å². The molecule has 0 aliphatic heterocycles. The molecule has 11 heteroatoms. The van der Waals surface area contributed by atoms with Gasteiger partial charge in [-0.15, -0.1) is 5.10 Å². The third kappa shape index (κ3) is 5.18. The number of benzene rings is 1. The van der Waals surface area contributed by atoms with E-state index in [9.17, 15) is 9.18 Å². The summed E-state index contributed by atoms with van der Waals surface area (Å²) >= 11 is 5.84. The van der Waals surface area contributed by atoms with Gasteiger partial charge in [0.05, 0.1) is 6.54 Å². The van der Waals surface area contributed by atoms with Crippen molar-refractivity contribution >= 4 is 23.5 Å². The molecule has 0 spiro atoms. The molecule has 29 heavy (non-hydrogen) atoms. The fourth-order valence-electron chi connectivity index (χ4n) is 2.36. The predicted octanol–water partition coefficient (Wildman–Crippen LogP) is 2.32. The molecule has 9 nitrogen and oxygen atoms in total. The maximum Gasteiger partial charge on any atom is 0.312 e. The van der Waals surface area contributed by atoms with Crippen molar-refractivity contribution < 1.29 is 18.3 Å². The molecule has 1 amide bonds. The number of pyridine rings is 1. The standard InChI is InChI=1S/C18H14ClFN6O3/c19-17-13(20)2-1-3-14(17)28-10-16(27)26(9-15-24-25-18(22)29-15)8-11-4-5-12(6-21)23-7-11/h1-5,7H,8-10H2,(H2,22,25). The maximum absolute atomic E-state index is 13.5. The quantitative estimate of drug-likeness (QED) is 0.620. The van der Waals surface area contributed by atoms with Crippen molar-refractivity contribution in [2.24, 2.45) is 0 Å². The number of nitriles is 1. The molecule has 0 fully saturated rings. The van der Waals surface area contributed by atoms with Crippen LogP contribution in [0.25, 0.3) is 0 Å². The Hall–Kier alpha value is -3.71. The number of aromatic nitrogens is 3. The van der Waals surface area contributed by atoms with Gasteiger partial charge in [-0.1, -0.05) is 28.8 Å². The van der Waals surface area contributed by atoms with Gasteiger partial charge in [-0.05, 0) is 23.8 Å². The molecule has 2 aromatic heterocycles. The number of nitrogens with two attached hydrogens (primary N) is 1. The minimum absolute atomic E-state index is 0.0384. The molecule has 3 aromatic rings. The number of carbonyl (C=O) groups is 1. The second-order valence-corrected chi connectivity index (χ2v) is 6.17. The molecule has 1 aromatic carbocycles. The van der Waals surface area contributed by atoms with E-state index < -0.39 is 18.3 Å². The number of hydrogen-bond acceptors (Lipinski definition) is 8. The third-order valence-corrected chi connectivity index (χ3v) is 4.11. The Morgan fingerprint density at radius 2 is 2.14 bits per heavy atom. The van der Waals surface area contributed by atoms with E-state index in [1.165, 1.54) is 35.4 Å². The highest BCUT2D eigenvalue weighted by Crippen LogP contribution is 2.26. The van der Waals surface area contributed by atoms with E-state index in [-0.39, 0.29) is 41.5 Å². The highest BCUT2D eigenvalue weighted by Gasteiger charge is 2.19. The van der Waals surface area contributed by atoms with E-state index in [0.717, 1.165) is 0 Å². The van der Waals surface area contributed by atoms with Gasteiger partial charge >= 0.3 is 6.01 Å². The molecular formula is C18H14ClFN6O3. The fraction of sp³-hybridized carbons (Fsp3) is 0.167. The molecule has 2 N–H and O–H groups in total. The molecule has 148 valence electrons. The lowest BCUT2D eigenvalue weighted by molar-refractivity contribution is -0.135. The SMILES string of the molecule is N#Cc1ccc(CN(Cc2nnc(N)o2)C(=O)COc2cccc(F)c2Cl)cn1. The molecule has 0 bridgehead atoms. The first kappa shape index (κ1) is 20.0. The number of carbonyl (C=O) groups excluding carboxylic acids is 1. The molecule has 0 atom stereocenters. The summed E-state index contributed by atoms with van der Waals surface area (Å²) in [4.78, 5) is 18.1. The predicted molar refractivity (Wildman–Crippen MR) is 98.8 cm³/mol. The van der Waals surface area contributed by atoms with E-state index in [2.05, 4.69) is 15.2 Å². The number of anilines is 1. The minimum Gasteiger partial charge on any atom is -0.482 e. The van der Waals surface area contributed by atoms with E-state index >= 15 is 0 Å². The van der Waals surface area contributed by atoms with Crippen molar-refractivity contribution in [2.75, 3.05) is 12.3 Å². The van der Waals surface area contributed by atoms with Crippen LogP contribution in [0, 0.1) is 17.1 Å². The van der Waals surface area contributed by atoms with Crippen LogP contribution >= 0.6 is 11.6 Å². The first-order chi connectivity index (χ1) is 14.0. The molecule has 0 saturated carbocycles. The van der Waals surface area contributed by atoms with E-state index in [1.54, 1.807) is 6.07 Å². The van der Waals surface area contributed by atoms with Crippen LogP contribution in [-0.2, 0) is 17.9 Å². The van der Waals surface area contributed by atoms with Crippen molar-refractivity contribution in [1.82, 2.24) is 20.1 Å². The van der Waals surface area contributed by atoms with Gasteiger partial charge in [-0.3, -0.25) is 4.79 Å². The van der Waals surface area contributed by atoms with Crippen molar-refractivity contribution in [2.45, 2.75) is 13.1 Å². The summed E-state index contributed by atoms with van der Waals surface area (Å²) in [5.41, 5.74) is 6.33. The minimum atomic E-state index is -0.654. The molecule has 0 saturated heterocycles. The number of ether oxygens (including phenoxy) is 1. The summed E-state index contributed by atoms with van der Waals surface area (Å²) in [6.45, 7) is -0.320. The van der Waals surface area contributed by atoms with Crippen LogP contribution in [0.1, 0.15) is 17.1 Å². The number of hydrogen-bond donors (Lipinski definition) is 1. The van der Waals surface area contributed by atoms with Gasteiger partial charge in [0, 0.05) is 12.7 Å². The lowest BCUT2D eigenvalue weighted by Gasteiger charge is -2.21. The Balaban J connectivity index is 1.74. The highest BCUT2D eigenvalue weighted by atomic mass is 35.5. The van der Waals surface area contributed by atoms with Crippen molar-refractivity contribution in [1.29, 1.82) is 5.26 Å². The van der Waals surface area contributed by atoms with Gasteiger partial charge in [-0.2, -0.15) is 5.26 Å². The van der Waals surface area contributed by atoms with E-state index in [0.29, 0.717) is 5.56 Å². The second kappa shape index (κ2) is 8.99. The number of nitrogens with zero attached hydrogens (tertiary/aromatic N) is 5. The molecule has 0 unspecified atom stereocenters. The average Bonchev–Trinajstić information content (AvgIpc) is 3.13. The number of halogens is 2. The monoisotopic (exact) mass is 416 g/mol. The van der Waals surface area contributed by atoms with Crippen LogP contribution in [0.15, 0.2) is 40.9 Å². The lowest BCUT2D eigenvalue weighted by Crippen LogP contribution is -2.34. The lowest BCUT2D eigenvalue weighted by atomic mass is 10.2. The first-order valence-electron chi connectivity index (χ1n) is 8.23. The summed E-state index contributed by atoms with van der Waals surface area (Å²) in [7, 11) is 0. The molecule has 0 aliphatic rings. The Bertz CT molecular complexity index is 1050. The highest BCUT2D eigenvalue weighted by molar-refractivity contribution is 6.32. The molecule has 3 rings (SSSR count). The average molecular weight is 417 g/mol. The Labute approximate surface area is 169 Å². The smallest absolute Gasteiger partial charge is 0.312 e. The van der Waals surface area contributed by atoms with Gasteiger partial charge < -0.3 is 19.8 Å². The van der Waals surface area contributed by atoms with Crippen LogP contribution in [0.3, 0.4) is 0 Å². The van der Waals surface area contributed by atoms with Crippen LogP contribution in [0.5, 0.6) is 5.75 Å². The molecular weight excluding hydrogens is 403 g/mol. The topological polar surface area (TPSA) is 131 Å². The summed E-state index contributed by atoms with van der Waals surface area (Å²) in [6.07, 6.45) is 1.48. The summed E-state index contributed by atoms with van der Waals surface area (Å²) in [5.74, 6) is -0.937. The van der Waals surface area contributed by atoms with Gasteiger partial charge in [0.25, 0.3) is 5.91 Å². The summed E-state index contributed by atoms with van der Waals surface area (Å²) < 4.78 is 24.0. The van der Waals surface area contributed by atoms with Crippen molar-refractivity contribution in [3.05, 3.63) is 64.5 Å². The van der Waals surface area contributed by atoms with Crippen molar-refractivity contribution in [3.8, 4) is 11.8 Å². The zero-order valence-electron chi connectivity index (χ0n) is 14.9. The first-order valence-corrected chi connectivity index (χ1v) is 8.61. The number of rotatable bonds is 7. The Morgan fingerprint density at radius 1 is 1.31 bits per heavy atom. The van der Waals surface area contributed by atoms with Gasteiger partial charge in [0.2, 0.25) is 5.89 Å². The summed E-state index contributed by atoms with van der Waals surface area (Å²) in [6, 6.07) is 9.04. The van der Waals surface area contributed by atoms with E-state index in [4.69, 9.17) is 31.8 Å². The zero-order valence-corrected chi connectivity index (χ0v) is 15.6. The molecule has 0 radical (unpaired) electrons. The van der Waals surface area contributed by atoms with Crippen LogP contribution in [-0.4, -0.2) is 32.6 Å². The third-order valence-electron chi connectivity index (χ3n) is 3.74. The Morgan fingerprint density at radius 3 is 2.79 bits per heavy atom. The molecule has 2 heterocycles. The Kier molecular flexibility index (Phi) is 6.21. The molecule has 0 aliphatic carbocycles. The van der Waals surface area contributed by atoms with Gasteiger partial charge in [-0.25, -0.2) is 9.37 Å². The van der Waals surface area contributed by atoms with Gasteiger partial charge in [0.15, 0.2) is 6.61 Å². The zero-order chi connectivity index (χ0) is 20.8. The number of nitrogen functional groups attached to an aromatic ring is 1. The van der Waals surface area contributed by atoms with Crippen molar-refractivity contribution in [3.63, 3.8) is 0 Å². The fourth-order valence-corrected chi connectivity index (χ4v) is 2.54. The largest absolute Gasteiger partial charge is 0.482 e. The maximum atomic E-state index is 13.5. The second-order valence-electron chi connectivity index (χ2n) is 5.79. The summed E-state index contributed by atoms with van der Waals surface area (Å²) in [5, 5.41) is 15.9. The van der Waals surface area contributed by atoms with E-state index in [1.807, 2.05) is 6.07 Å². The van der Waals surface area contributed by atoms with Gasteiger partial charge in [0.1, 0.15) is 28.4 Å².